The molecule has 0 radical (unpaired) electrons. The fourth-order valence-corrected chi connectivity index (χ4v) is 0.980. The molecule has 0 bridgehead atoms. The predicted octanol–water partition coefficient (Wildman–Crippen LogP) is 1.18. The first kappa shape index (κ1) is 11.8. The number of nitrogen functional groups attached to an aromatic ring is 1. The third-order valence-corrected chi connectivity index (χ3v) is 1.87. The summed E-state index contributed by atoms with van der Waals surface area (Å²) in [4.78, 5) is 2.06. The maximum atomic E-state index is 5.54. The highest BCUT2D eigenvalue weighted by molar-refractivity contribution is 5.41. The number of nitrogens with two attached hydrogens (primary N) is 1. The number of hydrogen-bond donors (Lipinski definition) is 1. The smallest absolute Gasteiger partial charge is 0.189 e. The lowest BCUT2D eigenvalue weighted by Crippen LogP contribution is -2.19. The van der Waals surface area contributed by atoms with Crippen LogP contribution in [0.1, 0.15) is 0 Å². The van der Waals surface area contributed by atoms with Crippen LogP contribution in [-0.4, -0.2) is 38.9 Å². The van der Waals surface area contributed by atoms with Gasteiger partial charge in [0.15, 0.2) is 6.79 Å². The van der Waals surface area contributed by atoms with Crippen LogP contribution in [0, 0.1) is 0 Å². The van der Waals surface area contributed by atoms with E-state index in [1.54, 1.807) is 12.1 Å². The summed E-state index contributed by atoms with van der Waals surface area (Å²) >= 11 is 0. The summed E-state index contributed by atoms with van der Waals surface area (Å²) in [6.07, 6.45) is 0. The van der Waals surface area contributed by atoms with Gasteiger partial charge in [-0.15, -0.1) is 0 Å². The van der Waals surface area contributed by atoms with Crippen LogP contribution in [0.25, 0.3) is 0 Å². The Hall–Kier alpha value is -1.26. The zero-order valence-electron chi connectivity index (χ0n) is 9.27. The van der Waals surface area contributed by atoms with Crippen molar-refractivity contribution in [2.75, 3.05) is 39.8 Å². The molecule has 0 fully saturated rings. The summed E-state index contributed by atoms with van der Waals surface area (Å²) in [6.45, 7) is 1.84. The van der Waals surface area contributed by atoms with Crippen molar-refractivity contribution in [2.24, 2.45) is 0 Å². The molecule has 2 N–H and O–H groups in total. The van der Waals surface area contributed by atoms with E-state index in [9.17, 15) is 0 Å². The molecule has 0 aliphatic carbocycles. The monoisotopic (exact) mass is 210 g/mol. The number of anilines is 1. The molecule has 1 rings (SSSR count). The molecule has 4 nitrogen and oxygen atoms in total. The van der Waals surface area contributed by atoms with Crippen LogP contribution >= 0.6 is 0 Å². The third-order valence-electron chi connectivity index (χ3n) is 1.87. The minimum atomic E-state index is 0.276. The Kier molecular flexibility index (Phi) is 4.93. The summed E-state index contributed by atoms with van der Waals surface area (Å²) in [5.74, 6) is 0.772. The fraction of sp³-hybridized carbons (Fsp3) is 0.455. The Morgan fingerprint density at radius 2 is 1.87 bits per heavy atom. The number of benzene rings is 1. The van der Waals surface area contributed by atoms with Crippen molar-refractivity contribution >= 4 is 5.69 Å². The fourth-order valence-electron chi connectivity index (χ4n) is 0.980. The topological polar surface area (TPSA) is 47.7 Å². The van der Waals surface area contributed by atoms with Crippen LogP contribution in [0.15, 0.2) is 24.3 Å². The number of ether oxygens (including phenoxy) is 2. The Morgan fingerprint density at radius 1 is 1.20 bits per heavy atom. The molecule has 0 aliphatic heterocycles. The molecule has 0 unspecified atom stereocenters. The molecule has 0 saturated carbocycles. The van der Waals surface area contributed by atoms with E-state index < -0.39 is 0 Å². The molecule has 0 spiro atoms. The van der Waals surface area contributed by atoms with E-state index >= 15 is 0 Å². The Balaban J connectivity index is 2.12. The van der Waals surface area contributed by atoms with Crippen LogP contribution in [0.4, 0.5) is 5.69 Å². The summed E-state index contributed by atoms with van der Waals surface area (Å²) in [5.41, 5.74) is 6.28. The second kappa shape index (κ2) is 6.27. The van der Waals surface area contributed by atoms with E-state index in [1.165, 1.54) is 0 Å². The van der Waals surface area contributed by atoms with Crippen LogP contribution in [0.2, 0.25) is 0 Å². The lowest BCUT2D eigenvalue weighted by molar-refractivity contribution is 0.00962. The quantitative estimate of drug-likeness (QED) is 0.435. The molecule has 0 aliphatic rings. The number of rotatable bonds is 6. The molecule has 4 heteroatoms. The predicted molar refractivity (Wildman–Crippen MR) is 60.9 cm³/mol. The summed E-state index contributed by atoms with van der Waals surface area (Å²) in [7, 11) is 4.01. The minimum absolute atomic E-state index is 0.276. The molecule has 1 aromatic carbocycles. The largest absolute Gasteiger partial charge is 0.468 e. The summed E-state index contributed by atoms with van der Waals surface area (Å²) in [6, 6.07) is 7.25. The first-order chi connectivity index (χ1) is 7.18. The van der Waals surface area contributed by atoms with Crippen molar-refractivity contribution in [3.8, 4) is 5.75 Å². The first-order valence-electron chi connectivity index (χ1n) is 4.89. The minimum Gasteiger partial charge on any atom is -0.468 e. The van der Waals surface area contributed by atoms with E-state index in [1.807, 2.05) is 26.2 Å². The van der Waals surface area contributed by atoms with Gasteiger partial charge in [0, 0.05) is 12.2 Å². The van der Waals surface area contributed by atoms with E-state index in [4.69, 9.17) is 15.2 Å². The van der Waals surface area contributed by atoms with Crippen LogP contribution in [0.5, 0.6) is 5.75 Å². The Morgan fingerprint density at radius 3 is 2.47 bits per heavy atom. The van der Waals surface area contributed by atoms with Crippen molar-refractivity contribution in [3.63, 3.8) is 0 Å². The highest BCUT2D eigenvalue weighted by atomic mass is 16.7. The van der Waals surface area contributed by atoms with Crippen molar-refractivity contribution in [1.29, 1.82) is 0 Å². The van der Waals surface area contributed by atoms with Gasteiger partial charge in [0.2, 0.25) is 0 Å². The van der Waals surface area contributed by atoms with E-state index in [-0.39, 0.29) is 6.79 Å². The third kappa shape index (κ3) is 5.24. The molecule has 0 heterocycles. The number of likely N-dealkylation sites (N-methyl/N-ethyl adjacent to an activating group) is 1. The molecule has 84 valence electrons. The zero-order chi connectivity index (χ0) is 11.1. The zero-order valence-corrected chi connectivity index (χ0v) is 9.27. The van der Waals surface area contributed by atoms with Gasteiger partial charge < -0.3 is 20.1 Å². The molecule has 0 atom stereocenters. The Bertz CT molecular complexity index is 272. The molecule has 0 amide bonds. The summed E-state index contributed by atoms with van der Waals surface area (Å²) < 4.78 is 10.6. The lowest BCUT2D eigenvalue weighted by atomic mass is 10.3. The van der Waals surface area contributed by atoms with Crippen LogP contribution in [-0.2, 0) is 4.74 Å². The van der Waals surface area contributed by atoms with Gasteiger partial charge in [0.25, 0.3) is 0 Å². The van der Waals surface area contributed by atoms with Gasteiger partial charge in [0.1, 0.15) is 5.75 Å². The first-order valence-corrected chi connectivity index (χ1v) is 4.89. The van der Waals surface area contributed by atoms with Crippen molar-refractivity contribution < 1.29 is 9.47 Å². The maximum Gasteiger partial charge on any atom is 0.189 e. The van der Waals surface area contributed by atoms with Gasteiger partial charge in [-0.1, -0.05) is 0 Å². The highest BCUT2D eigenvalue weighted by Gasteiger charge is 1.94. The molecular formula is C11H18N2O2. The van der Waals surface area contributed by atoms with E-state index in [2.05, 4.69) is 4.90 Å². The SMILES string of the molecule is CN(C)CCOCOc1ccc(N)cc1. The van der Waals surface area contributed by atoms with Gasteiger partial charge in [-0.25, -0.2) is 0 Å². The standard InChI is InChI=1S/C11H18N2O2/c1-13(2)7-8-14-9-15-11-5-3-10(12)4-6-11/h3-6H,7-9,12H2,1-2H3. The van der Waals surface area contributed by atoms with Gasteiger partial charge in [-0.2, -0.15) is 0 Å². The van der Waals surface area contributed by atoms with E-state index in [0.29, 0.717) is 6.61 Å². The van der Waals surface area contributed by atoms with Crippen LogP contribution in [0.3, 0.4) is 0 Å². The lowest BCUT2D eigenvalue weighted by Gasteiger charge is -2.10. The molecule has 1 aromatic rings. The second-order valence-electron chi connectivity index (χ2n) is 3.54. The van der Waals surface area contributed by atoms with Gasteiger partial charge in [-0.05, 0) is 38.4 Å². The normalized spacial score (nSPS) is 10.6. The average Bonchev–Trinajstić information content (AvgIpc) is 2.20. The van der Waals surface area contributed by atoms with Gasteiger partial charge >= 0.3 is 0 Å². The average molecular weight is 210 g/mol. The maximum absolute atomic E-state index is 5.54. The van der Waals surface area contributed by atoms with Crippen molar-refractivity contribution in [3.05, 3.63) is 24.3 Å². The molecule has 0 aromatic heterocycles. The van der Waals surface area contributed by atoms with Crippen molar-refractivity contribution in [2.45, 2.75) is 0 Å². The van der Waals surface area contributed by atoms with Crippen LogP contribution < -0.4 is 10.5 Å². The van der Waals surface area contributed by atoms with Crippen molar-refractivity contribution in [1.82, 2.24) is 4.90 Å². The molecular weight excluding hydrogens is 192 g/mol. The molecule has 0 saturated heterocycles. The van der Waals surface area contributed by atoms with Gasteiger partial charge in [0.05, 0.1) is 6.61 Å². The van der Waals surface area contributed by atoms with Gasteiger partial charge in [-0.3, -0.25) is 0 Å². The molecule has 15 heavy (non-hydrogen) atoms. The van der Waals surface area contributed by atoms with E-state index in [0.717, 1.165) is 18.0 Å². The second-order valence-corrected chi connectivity index (χ2v) is 3.54. The number of hydrogen-bond acceptors (Lipinski definition) is 4. The summed E-state index contributed by atoms with van der Waals surface area (Å²) in [5, 5.41) is 0. The highest BCUT2D eigenvalue weighted by Crippen LogP contribution is 2.12. The number of nitrogens with zero attached hydrogens (tertiary/aromatic N) is 1. The Labute approximate surface area is 90.6 Å².